The smallest absolute Gasteiger partial charge is 0.00953 e. The Kier molecular flexibility index (Phi) is 2.17. The molecule has 2 rings (SSSR count). The van der Waals surface area contributed by atoms with E-state index in [-0.39, 0.29) is 0 Å². The van der Waals surface area contributed by atoms with Crippen LogP contribution in [0.2, 0.25) is 0 Å². The van der Waals surface area contributed by atoms with Gasteiger partial charge in [-0.3, -0.25) is 0 Å². The number of hydrogen-bond donors (Lipinski definition) is 0. The van der Waals surface area contributed by atoms with E-state index in [0.29, 0.717) is 0 Å². The molecule has 0 spiro atoms. The molecule has 1 heteroatoms. The molecule has 1 nitrogen and oxygen atoms in total. The molecule has 1 saturated heterocycles. The topological polar surface area (TPSA) is 3.24 Å². The summed E-state index contributed by atoms with van der Waals surface area (Å²) in [6.07, 6.45) is 7.36. The molecule has 1 unspecified atom stereocenters. The van der Waals surface area contributed by atoms with Crippen molar-refractivity contribution < 1.29 is 0 Å². The highest BCUT2D eigenvalue weighted by atomic mass is 15.2. The van der Waals surface area contributed by atoms with Gasteiger partial charge in [0.2, 0.25) is 0 Å². The molecule has 2 fully saturated rings. The van der Waals surface area contributed by atoms with Gasteiger partial charge in [0.15, 0.2) is 0 Å². The summed E-state index contributed by atoms with van der Waals surface area (Å²) in [6.45, 7) is 5.14. The van der Waals surface area contributed by atoms with Crippen molar-refractivity contribution in [2.24, 2.45) is 5.92 Å². The van der Waals surface area contributed by atoms with Gasteiger partial charge >= 0.3 is 0 Å². The van der Waals surface area contributed by atoms with Crippen molar-refractivity contribution in [3.05, 3.63) is 0 Å². The molecular formula is C10H19N. The highest BCUT2D eigenvalue weighted by Crippen LogP contribution is 2.27. The summed E-state index contributed by atoms with van der Waals surface area (Å²) >= 11 is 0. The van der Waals surface area contributed by atoms with E-state index >= 15 is 0 Å². The van der Waals surface area contributed by atoms with E-state index in [2.05, 4.69) is 11.8 Å². The van der Waals surface area contributed by atoms with E-state index in [4.69, 9.17) is 0 Å². The van der Waals surface area contributed by atoms with Crippen LogP contribution in [0.1, 0.15) is 39.0 Å². The second-order valence-electron chi connectivity index (χ2n) is 4.33. The fourth-order valence-electron chi connectivity index (χ4n) is 2.57. The van der Waals surface area contributed by atoms with E-state index in [0.717, 1.165) is 12.0 Å². The van der Waals surface area contributed by atoms with Crippen molar-refractivity contribution in [3.8, 4) is 0 Å². The van der Waals surface area contributed by atoms with Crippen LogP contribution < -0.4 is 0 Å². The van der Waals surface area contributed by atoms with E-state index < -0.39 is 0 Å². The summed E-state index contributed by atoms with van der Waals surface area (Å²) < 4.78 is 0. The van der Waals surface area contributed by atoms with Crippen molar-refractivity contribution in [2.45, 2.75) is 45.1 Å². The van der Waals surface area contributed by atoms with E-state index in [9.17, 15) is 0 Å². The Balaban J connectivity index is 1.85. The highest BCUT2D eigenvalue weighted by molar-refractivity contribution is 4.82. The van der Waals surface area contributed by atoms with Gasteiger partial charge in [0.25, 0.3) is 0 Å². The summed E-state index contributed by atoms with van der Waals surface area (Å²) in [5.41, 5.74) is 0. The van der Waals surface area contributed by atoms with Gasteiger partial charge in [0.05, 0.1) is 0 Å². The lowest BCUT2D eigenvalue weighted by atomic mass is 10.2. The van der Waals surface area contributed by atoms with Gasteiger partial charge in [-0.1, -0.05) is 19.8 Å². The van der Waals surface area contributed by atoms with Crippen molar-refractivity contribution >= 4 is 0 Å². The van der Waals surface area contributed by atoms with Crippen molar-refractivity contribution in [1.29, 1.82) is 0 Å². The molecule has 0 amide bonds. The summed E-state index contributed by atoms with van der Waals surface area (Å²) in [6, 6.07) is 0.972. The second kappa shape index (κ2) is 3.14. The van der Waals surface area contributed by atoms with Crippen LogP contribution in [-0.4, -0.2) is 24.0 Å². The Hall–Kier alpha value is -0.0400. The zero-order chi connectivity index (χ0) is 7.68. The SMILES string of the molecule is CC1CCN(C2CCCC2)C1. The lowest BCUT2D eigenvalue weighted by Gasteiger charge is -2.22. The lowest BCUT2D eigenvalue weighted by molar-refractivity contribution is 0.239. The summed E-state index contributed by atoms with van der Waals surface area (Å²) in [5.74, 6) is 0.968. The normalized spacial score (nSPS) is 35.2. The average molecular weight is 153 g/mol. The quantitative estimate of drug-likeness (QED) is 0.558. The number of nitrogens with zero attached hydrogens (tertiary/aromatic N) is 1. The third-order valence-electron chi connectivity index (χ3n) is 3.30. The number of likely N-dealkylation sites (tertiary alicyclic amines) is 1. The van der Waals surface area contributed by atoms with Crippen LogP contribution in [0.15, 0.2) is 0 Å². The first-order chi connectivity index (χ1) is 5.36. The summed E-state index contributed by atoms with van der Waals surface area (Å²) in [7, 11) is 0. The van der Waals surface area contributed by atoms with Gasteiger partial charge < -0.3 is 4.90 Å². The standard InChI is InChI=1S/C10H19N/c1-9-6-7-11(8-9)10-4-2-3-5-10/h9-10H,2-8H2,1H3. The van der Waals surface area contributed by atoms with Gasteiger partial charge in [0.1, 0.15) is 0 Å². The highest BCUT2D eigenvalue weighted by Gasteiger charge is 2.27. The zero-order valence-corrected chi connectivity index (χ0v) is 7.55. The van der Waals surface area contributed by atoms with Gasteiger partial charge in [-0.05, 0) is 31.7 Å². The van der Waals surface area contributed by atoms with Crippen molar-refractivity contribution in [2.75, 3.05) is 13.1 Å². The fourth-order valence-corrected chi connectivity index (χ4v) is 2.57. The van der Waals surface area contributed by atoms with Crippen LogP contribution in [0.25, 0.3) is 0 Å². The van der Waals surface area contributed by atoms with Crippen LogP contribution in [0, 0.1) is 5.92 Å². The van der Waals surface area contributed by atoms with Crippen LogP contribution in [0.4, 0.5) is 0 Å². The first-order valence-corrected chi connectivity index (χ1v) is 5.10. The maximum atomic E-state index is 2.72. The Bertz CT molecular complexity index is 127. The minimum absolute atomic E-state index is 0.968. The van der Waals surface area contributed by atoms with E-state index in [1.54, 1.807) is 0 Å². The zero-order valence-electron chi connectivity index (χ0n) is 7.55. The third kappa shape index (κ3) is 1.58. The predicted octanol–water partition coefficient (Wildman–Crippen LogP) is 2.27. The number of rotatable bonds is 1. The molecule has 1 atom stereocenters. The lowest BCUT2D eigenvalue weighted by Crippen LogP contribution is -2.30. The monoisotopic (exact) mass is 153 g/mol. The molecule has 0 aromatic carbocycles. The third-order valence-corrected chi connectivity index (χ3v) is 3.30. The van der Waals surface area contributed by atoms with Gasteiger partial charge in [-0.2, -0.15) is 0 Å². The molecule has 0 bridgehead atoms. The van der Waals surface area contributed by atoms with Gasteiger partial charge in [-0.15, -0.1) is 0 Å². The van der Waals surface area contributed by atoms with Crippen LogP contribution in [0.5, 0.6) is 0 Å². The Morgan fingerprint density at radius 3 is 2.36 bits per heavy atom. The molecule has 1 heterocycles. The molecule has 0 aromatic heterocycles. The molecule has 0 radical (unpaired) electrons. The Morgan fingerprint density at radius 2 is 1.82 bits per heavy atom. The van der Waals surface area contributed by atoms with Crippen LogP contribution in [0.3, 0.4) is 0 Å². The average Bonchev–Trinajstić information content (AvgIpc) is 2.55. The predicted molar refractivity (Wildman–Crippen MR) is 47.6 cm³/mol. The Morgan fingerprint density at radius 1 is 1.09 bits per heavy atom. The molecule has 1 saturated carbocycles. The molecule has 2 aliphatic rings. The van der Waals surface area contributed by atoms with E-state index in [1.165, 1.54) is 45.2 Å². The Labute approximate surface area is 69.8 Å². The molecule has 1 aliphatic carbocycles. The molecule has 64 valence electrons. The molecule has 1 aliphatic heterocycles. The van der Waals surface area contributed by atoms with E-state index in [1.807, 2.05) is 0 Å². The second-order valence-corrected chi connectivity index (χ2v) is 4.33. The van der Waals surface area contributed by atoms with Gasteiger partial charge in [0, 0.05) is 12.6 Å². The minimum atomic E-state index is 0.968. The molecule has 11 heavy (non-hydrogen) atoms. The molecular weight excluding hydrogens is 134 g/mol. The van der Waals surface area contributed by atoms with Crippen molar-refractivity contribution in [1.82, 2.24) is 4.90 Å². The molecule has 0 aromatic rings. The van der Waals surface area contributed by atoms with Crippen molar-refractivity contribution in [3.63, 3.8) is 0 Å². The maximum Gasteiger partial charge on any atom is 0.00953 e. The first-order valence-electron chi connectivity index (χ1n) is 5.10. The maximum absolute atomic E-state index is 2.72. The minimum Gasteiger partial charge on any atom is -0.300 e. The van der Waals surface area contributed by atoms with Crippen LogP contribution in [-0.2, 0) is 0 Å². The number of hydrogen-bond acceptors (Lipinski definition) is 1. The van der Waals surface area contributed by atoms with Gasteiger partial charge in [-0.25, -0.2) is 0 Å². The summed E-state index contributed by atoms with van der Waals surface area (Å²) in [5, 5.41) is 0. The van der Waals surface area contributed by atoms with Crippen LogP contribution >= 0.6 is 0 Å². The molecule has 0 N–H and O–H groups in total. The largest absolute Gasteiger partial charge is 0.300 e. The fraction of sp³-hybridized carbons (Fsp3) is 1.00. The summed E-state index contributed by atoms with van der Waals surface area (Å²) in [4.78, 5) is 2.72. The first kappa shape index (κ1) is 7.60.